The predicted octanol–water partition coefficient (Wildman–Crippen LogP) is 2.81. The minimum atomic E-state index is -0.438. The van der Waals surface area contributed by atoms with E-state index in [1.807, 2.05) is 0 Å². The van der Waals surface area contributed by atoms with Crippen LogP contribution in [0.5, 0.6) is 0 Å². The van der Waals surface area contributed by atoms with Crippen molar-refractivity contribution in [2.24, 2.45) is 5.16 Å². The number of oxime groups is 1. The van der Waals surface area contributed by atoms with E-state index in [0.717, 1.165) is 0 Å². The zero-order chi connectivity index (χ0) is 11.3. The fraction of sp³-hybridized carbons (Fsp3) is 0.100. The van der Waals surface area contributed by atoms with Crippen molar-refractivity contribution in [3.63, 3.8) is 0 Å². The second-order valence-electron chi connectivity index (χ2n) is 2.68. The van der Waals surface area contributed by atoms with Crippen molar-refractivity contribution in [2.45, 2.75) is 0 Å². The second-order valence-corrected chi connectivity index (χ2v) is 3.16. The summed E-state index contributed by atoms with van der Waals surface area (Å²) in [7, 11) is 1.41. The molecule has 15 heavy (non-hydrogen) atoms. The zero-order valence-electron chi connectivity index (χ0n) is 8.13. The molecule has 0 radical (unpaired) electrons. The predicted molar refractivity (Wildman–Crippen MR) is 58.4 cm³/mol. The van der Waals surface area contributed by atoms with Crippen LogP contribution in [0.4, 0.5) is 4.39 Å². The molecule has 0 aromatic carbocycles. The average Bonchev–Trinajstić information content (AvgIpc) is 2.59. The SMILES string of the molecule is C=C(Cl)/C=C\C(=N\OC)c1c[nH]c(F)c1. The van der Waals surface area contributed by atoms with Gasteiger partial charge in [-0.3, -0.25) is 0 Å². The molecule has 0 bridgehead atoms. The molecular formula is C10H10ClFN2O. The largest absolute Gasteiger partial charge is 0.399 e. The first-order valence-electron chi connectivity index (χ1n) is 4.11. The number of nitrogens with zero attached hydrogens (tertiary/aromatic N) is 1. The van der Waals surface area contributed by atoms with Crippen LogP contribution >= 0.6 is 11.6 Å². The summed E-state index contributed by atoms with van der Waals surface area (Å²) >= 11 is 5.56. The monoisotopic (exact) mass is 228 g/mol. The van der Waals surface area contributed by atoms with E-state index in [2.05, 4.69) is 21.6 Å². The number of aromatic nitrogens is 1. The fourth-order valence-electron chi connectivity index (χ4n) is 0.962. The summed E-state index contributed by atoms with van der Waals surface area (Å²) in [6, 6.07) is 1.30. The molecule has 0 saturated carbocycles. The van der Waals surface area contributed by atoms with E-state index in [9.17, 15) is 4.39 Å². The first-order chi connectivity index (χ1) is 7.13. The lowest BCUT2D eigenvalue weighted by atomic mass is 10.2. The van der Waals surface area contributed by atoms with Crippen molar-refractivity contribution < 1.29 is 9.23 Å². The molecule has 0 spiro atoms. The maximum atomic E-state index is 12.7. The number of halogens is 2. The van der Waals surface area contributed by atoms with Crippen molar-refractivity contribution in [3.8, 4) is 0 Å². The van der Waals surface area contributed by atoms with Gasteiger partial charge in [-0.05, 0) is 12.2 Å². The highest BCUT2D eigenvalue weighted by molar-refractivity contribution is 6.31. The van der Waals surface area contributed by atoms with Crippen molar-refractivity contribution in [3.05, 3.63) is 47.5 Å². The first-order valence-corrected chi connectivity index (χ1v) is 4.49. The molecular weight excluding hydrogens is 219 g/mol. The standard InChI is InChI=1S/C10H10ClFN2O/c1-7(11)3-4-9(14-15-2)8-5-10(12)13-6-8/h3-6,13H,1H2,2H3/b4-3-,14-9-. The van der Waals surface area contributed by atoms with Gasteiger partial charge in [0.05, 0.1) is 0 Å². The molecule has 1 aromatic rings. The molecule has 1 aromatic heterocycles. The molecule has 0 aliphatic carbocycles. The van der Waals surface area contributed by atoms with Crippen molar-refractivity contribution in [1.82, 2.24) is 4.98 Å². The molecule has 1 heterocycles. The Morgan fingerprint density at radius 3 is 2.87 bits per heavy atom. The summed E-state index contributed by atoms with van der Waals surface area (Å²) in [5.41, 5.74) is 1.03. The highest BCUT2D eigenvalue weighted by atomic mass is 35.5. The molecule has 0 aliphatic rings. The third-order valence-corrected chi connectivity index (χ3v) is 1.68. The van der Waals surface area contributed by atoms with Crippen LogP contribution < -0.4 is 0 Å². The summed E-state index contributed by atoms with van der Waals surface area (Å²) in [4.78, 5) is 7.03. The Balaban J connectivity index is 2.94. The molecule has 1 N–H and O–H groups in total. The average molecular weight is 229 g/mol. The summed E-state index contributed by atoms with van der Waals surface area (Å²) in [5.74, 6) is -0.438. The van der Waals surface area contributed by atoms with Crippen LogP contribution in [0.1, 0.15) is 5.56 Å². The lowest BCUT2D eigenvalue weighted by Gasteiger charge is -1.95. The van der Waals surface area contributed by atoms with E-state index in [1.165, 1.54) is 19.4 Å². The zero-order valence-corrected chi connectivity index (χ0v) is 8.88. The van der Waals surface area contributed by atoms with Gasteiger partial charge in [0.2, 0.25) is 0 Å². The smallest absolute Gasteiger partial charge is 0.191 e. The van der Waals surface area contributed by atoms with Crippen molar-refractivity contribution >= 4 is 17.3 Å². The van der Waals surface area contributed by atoms with Gasteiger partial charge in [0.15, 0.2) is 5.95 Å². The maximum Gasteiger partial charge on any atom is 0.191 e. The lowest BCUT2D eigenvalue weighted by molar-refractivity contribution is 0.214. The summed E-state index contributed by atoms with van der Waals surface area (Å²) in [6.07, 6.45) is 4.61. The molecule has 1 rings (SSSR count). The maximum absolute atomic E-state index is 12.7. The molecule has 0 saturated heterocycles. The lowest BCUT2D eigenvalue weighted by Crippen LogP contribution is -1.95. The number of hydrogen-bond acceptors (Lipinski definition) is 2. The van der Waals surface area contributed by atoms with Gasteiger partial charge in [-0.1, -0.05) is 23.3 Å². The molecule has 0 fully saturated rings. The van der Waals surface area contributed by atoms with E-state index in [1.54, 1.807) is 12.2 Å². The second kappa shape index (κ2) is 5.36. The summed E-state index contributed by atoms with van der Waals surface area (Å²) in [6.45, 7) is 3.49. The summed E-state index contributed by atoms with van der Waals surface area (Å²) in [5, 5.41) is 4.08. The van der Waals surface area contributed by atoms with E-state index >= 15 is 0 Å². The van der Waals surface area contributed by atoms with Gasteiger partial charge < -0.3 is 9.82 Å². The van der Waals surface area contributed by atoms with Gasteiger partial charge in [0.25, 0.3) is 0 Å². The van der Waals surface area contributed by atoms with Gasteiger partial charge in [-0.15, -0.1) is 0 Å². The molecule has 5 heteroatoms. The van der Waals surface area contributed by atoms with Crippen LogP contribution in [-0.4, -0.2) is 17.8 Å². The van der Waals surface area contributed by atoms with E-state index in [4.69, 9.17) is 11.6 Å². The number of allylic oxidation sites excluding steroid dienone is 3. The molecule has 0 unspecified atom stereocenters. The Bertz CT molecular complexity index is 409. The number of H-pyrrole nitrogens is 1. The van der Waals surface area contributed by atoms with Crippen molar-refractivity contribution in [2.75, 3.05) is 7.11 Å². The van der Waals surface area contributed by atoms with E-state index < -0.39 is 5.95 Å². The van der Waals surface area contributed by atoms with Gasteiger partial charge in [0.1, 0.15) is 12.8 Å². The third-order valence-electron chi connectivity index (χ3n) is 1.56. The number of rotatable bonds is 4. The van der Waals surface area contributed by atoms with Crippen LogP contribution in [0.2, 0.25) is 0 Å². The Morgan fingerprint density at radius 2 is 2.40 bits per heavy atom. The Hall–Kier alpha value is -1.55. The topological polar surface area (TPSA) is 37.4 Å². The molecule has 80 valence electrons. The summed E-state index contributed by atoms with van der Waals surface area (Å²) < 4.78 is 12.7. The van der Waals surface area contributed by atoms with Crippen LogP contribution in [0, 0.1) is 5.95 Å². The van der Waals surface area contributed by atoms with E-state index in [-0.39, 0.29) is 0 Å². The van der Waals surface area contributed by atoms with Crippen LogP contribution in [0.25, 0.3) is 0 Å². The molecule has 0 amide bonds. The Morgan fingerprint density at radius 1 is 1.67 bits per heavy atom. The quantitative estimate of drug-likeness (QED) is 0.480. The van der Waals surface area contributed by atoms with Gasteiger partial charge in [-0.25, -0.2) is 0 Å². The Labute approximate surface area is 91.9 Å². The molecule has 0 atom stereocenters. The number of aromatic amines is 1. The highest BCUT2D eigenvalue weighted by Crippen LogP contribution is 2.07. The van der Waals surface area contributed by atoms with Crippen molar-refractivity contribution in [1.29, 1.82) is 0 Å². The van der Waals surface area contributed by atoms with E-state index in [0.29, 0.717) is 16.3 Å². The normalized spacial score (nSPS) is 12.1. The highest BCUT2D eigenvalue weighted by Gasteiger charge is 2.04. The third kappa shape index (κ3) is 3.59. The fourth-order valence-corrected chi connectivity index (χ4v) is 1.02. The minimum Gasteiger partial charge on any atom is -0.399 e. The Kier molecular flexibility index (Phi) is 4.12. The van der Waals surface area contributed by atoms with Gasteiger partial charge >= 0.3 is 0 Å². The number of hydrogen-bond donors (Lipinski definition) is 1. The minimum absolute atomic E-state index is 0.356. The van der Waals surface area contributed by atoms with Crippen LogP contribution in [-0.2, 0) is 4.84 Å². The number of nitrogens with one attached hydrogen (secondary N) is 1. The molecule has 3 nitrogen and oxygen atoms in total. The van der Waals surface area contributed by atoms with Gasteiger partial charge in [0, 0.05) is 22.9 Å². The van der Waals surface area contributed by atoms with Crippen LogP contribution in [0.3, 0.4) is 0 Å². The first kappa shape index (κ1) is 11.5. The molecule has 0 aliphatic heterocycles. The van der Waals surface area contributed by atoms with Gasteiger partial charge in [-0.2, -0.15) is 4.39 Å². The van der Waals surface area contributed by atoms with Crippen LogP contribution in [0.15, 0.2) is 41.2 Å².